The lowest BCUT2D eigenvalue weighted by molar-refractivity contribution is 0.361. The van der Waals surface area contributed by atoms with Crippen molar-refractivity contribution >= 4 is 15.9 Å². The van der Waals surface area contributed by atoms with Crippen LogP contribution in [0.3, 0.4) is 0 Å². The minimum absolute atomic E-state index is 0.164. The average Bonchev–Trinajstić information content (AvgIpc) is 2.63. The highest BCUT2D eigenvalue weighted by atomic mass is 79.9. The zero-order chi connectivity index (χ0) is 13.7. The van der Waals surface area contributed by atoms with Crippen LogP contribution in [0.2, 0.25) is 0 Å². The second-order valence-corrected chi connectivity index (χ2v) is 6.34. The Morgan fingerprint density at radius 1 is 1.32 bits per heavy atom. The number of rotatable bonds is 3. The van der Waals surface area contributed by atoms with Gasteiger partial charge in [0.25, 0.3) is 0 Å². The Morgan fingerprint density at radius 2 is 2.11 bits per heavy atom. The van der Waals surface area contributed by atoms with Gasteiger partial charge in [-0.1, -0.05) is 47.3 Å². The van der Waals surface area contributed by atoms with Gasteiger partial charge in [0.15, 0.2) is 0 Å². The molecule has 0 aliphatic heterocycles. The molecule has 0 bridgehead atoms. The van der Waals surface area contributed by atoms with Crippen LogP contribution in [0.1, 0.15) is 50.6 Å². The predicted molar refractivity (Wildman–Crippen MR) is 81.7 cm³/mol. The Balaban J connectivity index is 2.04. The van der Waals surface area contributed by atoms with Crippen molar-refractivity contribution < 1.29 is 0 Å². The highest BCUT2D eigenvalue weighted by molar-refractivity contribution is 9.10. The van der Waals surface area contributed by atoms with E-state index in [1.807, 2.05) is 6.07 Å². The molecule has 1 fully saturated rings. The predicted octanol–water partition coefficient (Wildman–Crippen LogP) is 4.57. The molecular formula is C16H21BrN2. The molecule has 102 valence electrons. The van der Waals surface area contributed by atoms with Crippen molar-refractivity contribution in [3.63, 3.8) is 0 Å². The summed E-state index contributed by atoms with van der Waals surface area (Å²) in [6.07, 6.45) is 5.86. The van der Waals surface area contributed by atoms with Crippen molar-refractivity contribution in [2.24, 2.45) is 5.92 Å². The quantitative estimate of drug-likeness (QED) is 0.828. The van der Waals surface area contributed by atoms with Crippen molar-refractivity contribution in [1.29, 1.82) is 5.26 Å². The minimum atomic E-state index is 0.164. The molecule has 1 aromatic rings. The first-order valence-electron chi connectivity index (χ1n) is 7.12. The molecule has 2 unspecified atom stereocenters. The lowest BCUT2D eigenvalue weighted by Gasteiger charge is -2.25. The molecule has 3 heteroatoms. The second-order valence-electron chi connectivity index (χ2n) is 5.42. The van der Waals surface area contributed by atoms with E-state index in [9.17, 15) is 5.26 Å². The molecular weight excluding hydrogens is 300 g/mol. The molecule has 0 spiro atoms. The third kappa shape index (κ3) is 4.06. The summed E-state index contributed by atoms with van der Waals surface area (Å²) in [5.41, 5.74) is 1.27. The molecule has 2 rings (SSSR count). The summed E-state index contributed by atoms with van der Waals surface area (Å²) in [5, 5.41) is 13.0. The summed E-state index contributed by atoms with van der Waals surface area (Å²) in [4.78, 5) is 0. The summed E-state index contributed by atoms with van der Waals surface area (Å²) in [7, 11) is 0. The summed E-state index contributed by atoms with van der Waals surface area (Å²) in [6, 6.07) is 11.5. The fraction of sp³-hybridized carbons (Fsp3) is 0.562. The molecule has 0 radical (unpaired) electrons. The van der Waals surface area contributed by atoms with Crippen LogP contribution in [-0.2, 0) is 0 Å². The molecule has 19 heavy (non-hydrogen) atoms. The van der Waals surface area contributed by atoms with Gasteiger partial charge in [-0.05, 0) is 37.5 Å². The molecule has 1 aromatic carbocycles. The number of benzene rings is 1. The van der Waals surface area contributed by atoms with Gasteiger partial charge >= 0.3 is 0 Å². The lowest BCUT2D eigenvalue weighted by atomic mass is 9.95. The van der Waals surface area contributed by atoms with Crippen LogP contribution in [0.4, 0.5) is 0 Å². The monoisotopic (exact) mass is 320 g/mol. The summed E-state index contributed by atoms with van der Waals surface area (Å²) in [6.45, 7) is 2.18. The Kier molecular flexibility index (Phi) is 5.42. The van der Waals surface area contributed by atoms with Crippen molar-refractivity contribution in [3.05, 3.63) is 34.3 Å². The highest BCUT2D eigenvalue weighted by Crippen LogP contribution is 2.26. The standard InChI is InChI=1S/C16H21BrN2/c1-12(13-7-5-8-15(17)10-13)19-16-9-4-2-3-6-14(16)11-18/h5,7-8,10,12,14,16,19H,2-4,6,9H2,1H3/t12-,14?,16?/m1/s1. The maximum atomic E-state index is 9.32. The summed E-state index contributed by atoms with van der Waals surface area (Å²) < 4.78 is 1.11. The Hall–Kier alpha value is -0.850. The maximum Gasteiger partial charge on any atom is 0.0672 e. The van der Waals surface area contributed by atoms with E-state index in [2.05, 4.69) is 52.4 Å². The van der Waals surface area contributed by atoms with Gasteiger partial charge < -0.3 is 5.32 Å². The third-order valence-electron chi connectivity index (χ3n) is 3.99. The van der Waals surface area contributed by atoms with E-state index in [1.165, 1.54) is 24.8 Å². The number of hydrogen-bond donors (Lipinski definition) is 1. The topological polar surface area (TPSA) is 35.8 Å². The SMILES string of the molecule is C[C@@H](NC1CCCCCC1C#N)c1cccc(Br)c1. The molecule has 1 aliphatic rings. The largest absolute Gasteiger partial charge is 0.306 e. The van der Waals surface area contributed by atoms with Crippen LogP contribution in [0.25, 0.3) is 0 Å². The summed E-state index contributed by atoms with van der Waals surface area (Å²) in [5.74, 6) is 0.164. The van der Waals surface area contributed by atoms with Gasteiger partial charge in [0, 0.05) is 16.6 Å². The summed E-state index contributed by atoms with van der Waals surface area (Å²) >= 11 is 3.51. The first-order chi connectivity index (χ1) is 9.20. The van der Waals surface area contributed by atoms with Gasteiger partial charge in [0.05, 0.1) is 12.0 Å². The first-order valence-corrected chi connectivity index (χ1v) is 7.91. The molecule has 2 nitrogen and oxygen atoms in total. The molecule has 3 atom stereocenters. The van der Waals surface area contributed by atoms with Gasteiger partial charge in [-0.25, -0.2) is 0 Å². The number of halogens is 1. The van der Waals surface area contributed by atoms with Crippen LogP contribution in [0.5, 0.6) is 0 Å². The van der Waals surface area contributed by atoms with Crippen LogP contribution < -0.4 is 5.32 Å². The number of hydrogen-bond acceptors (Lipinski definition) is 2. The van der Waals surface area contributed by atoms with E-state index in [0.717, 1.165) is 17.3 Å². The van der Waals surface area contributed by atoms with Gasteiger partial charge in [-0.15, -0.1) is 0 Å². The van der Waals surface area contributed by atoms with Crippen LogP contribution in [0, 0.1) is 17.2 Å². The Labute approximate surface area is 124 Å². The zero-order valence-electron chi connectivity index (χ0n) is 11.4. The third-order valence-corrected chi connectivity index (χ3v) is 4.49. The van der Waals surface area contributed by atoms with Gasteiger partial charge in [-0.2, -0.15) is 5.26 Å². The highest BCUT2D eigenvalue weighted by Gasteiger charge is 2.24. The lowest BCUT2D eigenvalue weighted by Crippen LogP contribution is -2.36. The van der Waals surface area contributed by atoms with Crippen LogP contribution in [-0.4, -0.2) is 6.04 Å². The van der Waals surface area contributed by atoms with Crippen molar-refractivity contribution in [2.45, 2.75) is 51.1 Å². The fourth-order valence-electron chi connectivity index (χ4n) is 2.85. The number of nitrogens with zero attached hydrogens (tertiary/aromatic N) is 1. The molecule has 1 saturated carbocycles. The van der Waals surface area contributed by atoms with E-state index in [4.69, 9.17) is 0 Å². The first kappa shape index (κ1) is 14.6. The van der Waals surface area contributed by atoms with E-state index in [1.54, 1.807) is 0 Å². The molecule has 0 amide bonds. The number of nitriles is 1. The molecule has 0 aromatic heterocycles. The maximum absolute atomic E-state index is 9.32. The zero-order valence-corrected chi connectivity index (χ0v) is 13.0. The number of nitrogens with one attached hydrogen (secondary N) is 1. The van der Waals surface area contributed by atoms with Crippen molar-refractivity contribution in [3.8, 4) is 6.07 Å². The molecule has 0 saturated heterocycles. The van der Waals surface area contributed by atoms with Gasteiger partial charge in [-0.3, -0.25) is 0 Å². The normalized spacial score (nSPS) is 25.3. The fourth-order valence-corrected chi connectivity index (χ4v) is 3.27. The van der Waals surface area contributed by atoms with E-state index >= 15 is 0 Å². The molecule has 0 heterocycles. The van der Waals surface area contributed by atoms with Crippen LogP contribution in [0.15, 0.2) is 28.7 Å². The average molecular weight is 321 g/mol. The van der Waals surface area contributed by atoms with Crippen molar-refractivity contribution in [2.75, 3.05) is 0 Å². The van der Waals surface area contributed by atoms with E-state index < -0.39 is 0 Å². The van der Waals surface area contributed by atoms with Crippen molar-refractivity contribution in [1.82, 2.24) is 5.32 Å². The smallest absolute Gasteiger partial charge is 0.0672 e. The van der Waals surface area contributed by atoms with E-state index in [-0.39, 0.29) is 12.0 Å². The second kappa shape index (κ2) is 7.07. The van der Waals surface area contributed by atoms with E-state index in [0.29, 0.717) is 6.04 Å². The Bertz CT molecular complexity index is 452. The Morgan fingerprint density at radius 3 is 2.84 bits per heavy atom. The van der Waals surface area contributed by atoms with Gasteiger partial charge in [0.2, 0.25) is 0 Å². The molecule has 1 N–H and O–H groups in total. The van der Waals surface area contributed by atoms with Gasteiger partial charge in [0.1, 0.15) is 0 Å². The van der Waals surface area contributed by atoms with Crippen LogP contribution >= 0.6 is 15.9 Å². The minimum Gasteiger partial charge on any atom is -0.306 e. The molecule has 1 aliphatic carbocycles.